The molecular formula is C20H15Cl2NO3. The maximum Gasteiger partial charge on any atom is 0.290 e. The molecule has 1 unspecified atom stereocenters. The van der Waals surface area contributed by atoms with Crippen LogP contribution in [0.1, 0.15) is 40.2 Å². The van der Waals surface area contributed by atoms with Crippen molar-refractivity contribution in [2.45, 2.75) is 19.9 Å². The Morgan fingerprint density at radius 3 is 2.62 bits per heavy atom. The molecule has 1 aliphatic rings. The molecule has 0 saturated carbocycles. The lowest BCUT2D eigenvalue weighted by atomic mass is 9.98. The Balaban J connectivity index is 2.06. The Bertz CT molecular complexity index is 1120. The molecular weight excluding hydrogens is 373 g/mol. The van der Waals surface area contributed by atoms with Gasteiger partial charge in [0.25, 0.3) is 5.91 Å². The van der Waals surface area contributed by atoms with E-state index in [1.165, 1.54) is 0 Å². The Hall–Kier alpha value is -2.30. The van der Waals surface area contributed by atoms with Crippen molar-refractivity contribution >= 4 is 40.1 Å². The highest BCUT2D eigenvalue weighted by Crippen LogP contribution is 2.38. The monoisotopic (exact) mass is 387 g/mol. The van der Waals surface area contributed by atoms with E-state index in [2.05, 4.69) is 0 Å². The second-order valence-electron chi connectivity index (χ2n) is 6.32. The van der Waals surface area contributed by atoms with E-state index < -0.39 is 6.04 Å². The molecule has 0 saturated heterocycles. The molecule has 0 fully saturated rings. The minimum Gasteiger partial charge on any atom is -0.450 e. The molecule has 1 aromatic heterocycles. The van der Waals surface area contributed by atoms with Gasteiger partial charge in [-0.05, 0) is 49.2 Å². The van der Waals surface area contributed by atoms with Crippen LogP contribution in [0.25, 0.3) is 11.0 Å². The summed E-state index contributed by atoms with van der Waals surface area (Å²) >= 11 is 12.3. The molecule has 0 N–H and O–H groups in total. The summed E-state index contributed by atoms with van der Waals surface area (Å²) in [6, 6.07) is 9.95. The molecule has 0 radical (unpaired) electrons. The predicted octanol–water partition coefficient (Wildman–Crippen LogP) is 4.97. The Morgan fingerprint density at radius 1 is 1.15 bits per heavy atom. The first-order valence-electron chi connectivity index (χ1n) is 8.25. The quantitative estimate of drug-likeness (QED) is 0.623. The maximum absolute atomic E-state index is 13.2. The van der Waals surface area contributed by atoms with Crippen LogP contribution < -0.4 is 5.43 Å². The molecule has 1 atom stereocenters. The van der Waals surface area contributed by atoms with Gasteiger partial charge in [0.2, 0.25) is 5.76 Å². The SMILES string of the molecule is CCN1C(=O)c2oc3cc(C)c(Cl)cc3c(=O)c2C1c1cccc(Cl)c1. The fourth-order valence-corrected chi connectivity index (χ4v) is 3.85. The van der Waals surface area contributed by atoms with E-state index in [9.17, 15) is 9.59 Å². The topological polar surface area (TPSA) is 50.5 Å². The number of benzene rings is 2. The van der Waals surface area contributed by atoms with Crippen molar-refractivity contribution in [1.82, 2.24) is 4.90 Å². The number of hydrogen-bond donors (Lipinski definition) is 0. The van der Waals surface area contributed by atoms with Gasteiger partial charge < -0.3 is 9.32 Å². The maximum atomic E-state index is 13.2. The average molecular weight is 388 g/mol. The number of carbonyl (C=O) groups is 1. The van der Waals surface area contributed by atoms with Gasteiger partial charge in [0.05, 0.1) is 17.0 Å². The number of halogens is 2. The zero-order valence-electron chi connectivity index (χ0n) is 14.2. The highest BCUT2D eigenvalue weighted by atomic mass is 35.5. The summed E-state index contributed by atoms with van der Waals surface area (Å²) in [5.41, 5.74) is 2.03. The average Bonchev–Trinajstić information content (AvgIpc) is 2.89. The molecule has 0 bridgehead atoms. The molecule has 4 nitrogen and oxygen atoms in total. The second-order valence-corrected chi connectivity index (χ2v) is 7.16. The van der Waals surface area contributed by atoms with Gasteiger partial charge in [0.1, 0.15) is 5.58 Å². The van der Waals surface area contributed by atoms with Crippen molar-refractivity contribution in [3.63, 3.8) is 0 Å². The molecule has 0 spiro atoms. The fraction of sp³-hybridized carbons (Fsp3) is 0.200. The standard InChI is InChI=1S/C20H15Cl2NO3/c1-3-23-17(11-5-4-6-12(21)8-11)16-18(24)13-9-14(22)10(2)7-15(13)26-19(16)20(23)25/h4-9,17H,3H2,1-2H3. The van der Waals surface area contributed by atoms with E-state index in [1.54, 1.807) is 35.2 Å². The number of fused-ring (bicyclic) bond motifs is 2. The molecule has 4 rings (SSSR count). The summed E-state index contributed by atoms with van der Waals surface area (Å²) in [6.45, 7) is 4.13. The predicted molar refractivity (Wildman–Crippen MR) is 102 cm³/mol. The molecule has 6 heteroatoms. The first-order chi connectivity index (χ1) is 12.4. The number of rotatable bonds is 2. The van der Waals surface area contributed by atoms with Crippen LogP contribution in [0.4, 0.5) is 0 Å². The molecule has 2 aromatic carbocycles. The number of amides is 1. The zero-order chi connectivity index (χ0) is 18.6. The summed E-state index contributed by atoms with van der Waals surface area (Å²) in [5.74, 6) is -0.199. The lowest BCUT2D eigenvalue weighted by Crippen LogP contribution is -2.29. The number of hydrogen-bond acceptors (Lipinski definition) is 3. The smallest absolute Gasteiger partial charge is 0.290 e. The van der Waals surface area contributed by atoms with E-state index in [0.29, 0.717) is 33.1 Å². The minimum absolute atomic E-state index is 0.0936. The third-order valence-electron chi connectivity index (χ3n) is 4.75. The Morgan fingerprint density at radius 2 is 1.92 bits per heavy atom. The van der Waals surface area contributed by atoms with Gasteiger partial charge in [-0.1, -0.05) is 35.3 Å². The third kappa shape index (κ3) is 2.44. The van der Waals surface area contributed by atoms with Gasteiger partial charge in [-0.2, -0.15) is 0 Å². The first kappa shape index (κ1) is 17.1. The fourth-order valence-electron chi connectivity index (χ4n) is 3.49. The van der Waals surface area contributed by atoms with Crippen molar-refractivity contribution in [1.29, 1.82) is 0 Å². The van der Waals surface area contributed by atoms with Crippen LogP contribution in [-0.2, 0) is 0 Å². The summed E-state index contributed by atoms with van der Waals surface area (Å²) in [7, 11) is 0. The Labute approximate surface area is 159 Å². The van der Waals surface area contributed by atoms with Gasteiger partial charge in [-0.3, -0.25) is 9.59 Å². The molecule has 1 amide bonds. The minimum atomic E-state index is -0.526. The number of nitrogens with zero attached hydrogens (tertiary/aromatic N) is 1. The highest BCUT2D eigenvalue weighted by molar-refractivity contribution is 6.32. The molecule has 132 valence electrons. The third-order valence-corrected chi connectivity index (χ3v) is 5.39. The van der Waals surface area contributed by atoms with Crippen LogP contribution in [0.5, 0.6) is 0 Å². The van der Waals surface area contributed by atoms with Gasteiger partial charge in [0, 0.05) is 16.6 Å². The zero-order valence-corrected chi connectivity index (χ0v) is 15.7. The van der Waals surface area contributed by atoms with Gasteiger partial charge in [0.15, 0.2) is 5.43 Å². The first-order valence-corrected chi connectivity index (χ1v) is 9.01. The van der Waals surface area contributed by atoms with Crippen LogP contribution in [0.3, 0.4) is 0 Å². The van der Waals surface area contributed by atoms with E-state index in [4.69, 9.17) is 27.6 Å². The van der Waals surface area contributed by atoms with Gasteiger partial charge in [-0.15, -0.1) is 0 Å². The number of aryl methyl sites for hydroxylation is 1. The largest absolute Gasteiger partial charge is 0.450 e. The van der Waals surface area contributed by atoms with Crippen LogP contribution in [0.2, 0.25) is 10.0 Å². The van der Waals surface area contributed by atoms with Crippen LogP contribution in [-0.4, -0.2) is 17.4 Å². The highest BCUT2D eigenvalue weighted by Gasteiger charge is 2.42. The summed E-state index contributed by atoms with van der Waals surface area (Å²) in [4.78, 5) is 27.7. The lowest BCUT2D eigenvalue weighted by molar-refractivity contribution is 0.0738. The van der Waals surface area contributed by atoms with Crippen molar-refractivity contribution in [3.05, 3.63) is 79.1 Å². The molecule has 1 aliphatic heterocycles. The van der Waals surface area contributed by atoms with E-state index in [0.717, 1.165) is 11.1 Å². The van der Waals surface area contributed by atoms with E-state index in [-0.39, 0.29) is 17.1 Å². The van der Waals surface area contributed by atoms with Crippen molar-refractivity contribution in [3.8, 4) is 0 Å². The molecule has 0 aliphatic carbocycles. The van der Waals surface area contributed by atoms with Gasteiger partial charge >= 0.3 is 0 Å². The summed E-state index contributed by atoms with van der Waals surface area (Å²) < 4.78 is 5.86. The summed E-state index contributed by atoms with van der Waals surface area (Å²) in [6.07, 6.45) is 0. The second kappa shape index (κ2) is 6.15. The molecule has 2 heterocycles. The lowest BCUT2D eigenvalue weighted by Gasteiger charge is -2.23. The van der Waals surface area contributed by atoms with Gasteiger partial charge in [-0.25, -0.2) is 0 Å². The van der Waals surface area contributed by atoms with Crippen LogP contribution in [0.15, 0.2) is 45.6 Å². The van der Waals surface area contributed by atoms with Crippen LogP contribution >= 0.6 is 23.2 Å². The Kier molecular flexibility index (Phi) is 4.05. The van der Waals surface area contributed by atoms with E-state index in [1.807, 2.05) is 19.9 Å². The van der Waals surface area contributed by atoms with Crippen molar-refractivity contribution in [2.75, 3.05) is 6.54 Å². The molecule has 3 aromatic rings. The summed E-state index contributed by atoms with van der Waals surface area (Å²) in [5, 5.41) is 1.40. The van der Waals surface area contributed by atoms with Crippen molar-refractivity contribution < 1.29 is 9.21 Å². The number of carbonyl (C=O) groups excluding carboxylic acids is 1. The van der Waals surface area contributed by atoms with Crippen LogP contribution in [0, 0.1) is 6.92 Å². The van der Waals surface area contributed by atoms with Crippen molar-refractivity contribution in [2.24, 2.45) is 0 Å². The van der Waals surface area contributed by atoms with E-state index >= 15 is 0 Å². The normalized spacial score (nSPS) is 16.4. The molecule has 26 heavy (non-hydrogen) atoms.